The van der Waals surface area contributed by atoms with Gasteiger partial charge in [-0.25, -0.2) is 8.42 Å². The summed E-state index contributed by atoms with van der Waals surface area (Å²) < 4.78 is 69.2. The highest BCUT2D eigenvalue weighted by Crippen LogP contribution is 2.33. The molecule has 0 bridgehead atoms. The molecule has 3 aromatic carbocycles. The molecule has 0 aliphatic heterocycles. The summed E-state index contributed by atoms with van der Waals surface area (Å²) >= 11 is 0. The Bertz CT molecular complexity index is 1480. The number of nitrogens with one attached hydrogen (secondary N) is 1. The third-order valence-electron chi connectivity index (χ3n) is 7.64. The van der Waals surface area contributed by atoms with E-state index < -0.39 is 40.3 Å². The summed E-state index contributed by atoms with van der Waals surface area (Å²) in [6, 6.07) is 19.6. The zero-order chi connectivity index (χ0) is 31.0. The molecule has 1 aliphatic carbocycles. The van der Waals surface area contributed by atoms with Crippen molar-refractivity contribution in [1.29, 1.82) is 0 Å². The lowest BCUT2D eigenvalue weighted by Crippen LogP contribution is -2.54. The van der Waals surface area contributed by atoms with E-state index in [1.54, 1.807) is 13.0 Å². The van der Waals surface area contributed by atoms with Crippen LogP contribution < -0.4 is 9.62 Å². The lowest BCUT2D eigenvalue weighted by Gasteiger charge is -2.34. The number of rotatable bonds is 12. The van der Waals surface area contributed by atoms with Gasteiger partial charge in [0.25, 0.3) is 10.0 Å². The number of alkyl halides is 3. The van der Waals surface area contributed by atoms with Crippen molar-refractivity contribution in [3.05, 3.63) is 96.1 Å². The molecule has 2 amide bonds. The van der Waals surface area contributed by atoms with E-state index in [0.717, 1.165) is 43.4 Å². The van der Waals surface area contributed by atoms with Crippen LogP contribution in [0.3, 0.4) is 0 Å². The molecule has 1 fully saturated rings. The van der Waals surface area contributed by atoms with Crippen molar-refractivity contribution >= 4 is 27.5 Å². The van der Waals surface area contributed by atoms with Gasteiger partial charge in [-0.2, -0.15) is 13.2 Å². The van der Waals surface area contributed by atoms with Gasteiger partial charge in [0.15, 0.2) is 0 Å². The first-order chi connectivity index (χ1) is 20.5. The molecule has 0 heterocycles. The van der Waals surface area contributed by atoms with Gasteiger partial charge in [0.2, 0.25) is 11.8 Å². The monoisotopic (exact) mass is 615 g/mol. The second kappa shape index (κ2) is 14.1. The lowest BCUT2D eigenvalue weighted by atomic mass is 10.1. The molecule has 1 unspecified atom stereocenters. The molecule has 1 aliphatic rings. The smallest absolute Gasteiger partial charge is 0.352 e. The van der Waals surface area contributed by atoms with Crippen LogP contribution in [0.5, 0.6) is 0 Å². The Morgan fingerprint density at radius 3 is 2.16 bits per heavy atom. The van der Waals surface area contributed by atoms with Gasteiger partial charge in [-0.15, -0.1) is 0 Å². The molecule has 43 heavy (non-hydrogen) atoms. The van der Waals surface area contributed by atoms with Gasteiger partial charge in [-0.1, -0.05) is 74.4 Å². The van der Waals surface area contributed by atoms with Gasteiger partial charge >= 0.3 is 6.18 Å². The predicted molar refractivity (Wildman–Crippen MR) is 159 cm³/mol. The van der Waals surface area contributed by atoms with Crippen LogP contribution in [-0.4, -0.2) is 50.3 Å². The van der Waals surface area contributed by atoms with Crippen LogP contribution in [0.1, 0.15) is 50.2 Å². The highest BCUT2D eigenvalue weighted by atomic mass is 32.2. The summed E-state index contributed by atoms with van der Waals surface area (Å²) in [4.78, 5) is 28.7. The maximum atomic E-state index is 14.1. The minimum absolute atomic E-state index is 0.00712. The van der Waals surface area contributed by atoms with E-state index in [1.165, 1.54) is 35.2 Å². The Morgan fingerprint density at radius 2 is 1.56 bits per heavy atom. The highest BCUT2D eigenvalue weighted by Gasteiger charge is 2.36. The Balaban J connectivity index is 1.71. The van der Waals surface area contributed by atoms with Crippen LogP contribution in [0.15, 0.2) is 89.8 Å². The Kier molecular flexibility index (Phi) is 10.5. The zero-order valence-electron chi connectivity index (χ0n) is 24.0. The van der Waals surface area contributed by atoms with Crippen molar-refractivity contribution in [3.63, 3.8) is 0 Å². The fraction of sp³-hybridized carbons (Fsp3) is 0.375. The molecule has 1 atom stereocenters. The number of sulfonamides is 1. The first-order valence-corrected chi connectivity index (χ1v) is 15.8. The molecular weight excluding hydrogens is 579 g/mol. The molecule has 1 saturated carbocycles. The molecule has 4 rings (SSSR count). The predicted octanol–water partition coefficient (Wildman–Crippen LogP) is 5.81. The third kappa shape index (κ3) is 8.16. The van der Waals surface area contributed by atoms with Crippen LogP contribution >= 0.6 is 0 Å². The van der Waals surface area contributed by atoms with Gasteiger partial charge in [-0.05, 0) is 61.6 Å². The maximum absolute atomic E-state index is 14.1. The Labute approximate surface area is 250 Å². The molecule has 0 saturated heterocycles. The van der Waals surface area contributed by atoms with E-state index in [1.807, 2.05) is 30.3 Å². The largest absolute Gasteiger partial charge is 0.416 e. The Morgan fingerprint density at radius 1 is 0.930 bits per heavy atom. The first-order valence-electron chi connectivity index (χ1n) is 14.4. The minimum Gasteiger partial charge on any atom is -0.352 e. The van der Waals surface area contributed by atoms with E-state index >= 15 is 0 Å². The second-order valence-electron chi connectivity index (χ2n) is 10.6. The van der Waals surface area contributed by atoms with E-state index in [-0.39, 0.29) is 35.5 Å². The van der Waals surface area contributed by atoms with Crippen molar-refractivity contribution in [2.75, 3.05) is 17.4 Å². The molecule has 230 valence electrons. The number of nitrogens with zero attached hydrogens (tertiary/aromatic N) is 2. The summed E-state index contributed by atoms with van der Waals surface area (Å²) in [5, 5.41) is 3.04. The molecule has 0 radical (unpaired) electrons. The van der Waals surface area contributed by atoms with Gasteiger partial charge in [0, 0.05) is 12.6 Å². The topological polar surface area (TPSA) is 86.8 Å². The number of carbonyl (C=O) groups excluding carboxylic acids is 2. The van der Waals surface area contributed by atoms with Crippen LogP contribution in [0.2, 0.25) is 0 Å². The minimum atomic E-state index is -4.73. The number of amides is 2. The van der Waals surface area contributed by atoms with E-state index in [9.17, 15) is 31.2 Å². The summed E-state index contributed by atoms with van der Waals surface area (Å²) in [5.74, 6) is -1.02. The van der Waals surface area contributed by atoms with Crippen molar-refractivity contribution in [3.8, 4) is 0 Å². The third-order valence-corrected chi connectivity index (χ3v) is 9.43. The fourth-order valence-corrected chi connectivity index (χ4v) is 6.78. The average Bonchev–Trinajstić information content (AvgIpc) is 3.51. The second-order valence-corrected chi connectivity index (χ2v) is 12.5. The van der Waals surface area contributed by atoms with Crippen LogP contribution in [0.25, 0.3) is 0 Å². The van der Waals surface area contributed by atoms with Crippen molar-refractivity contribution in [2.24, 2.45) is 0 Å². The van der Waals surface area contributed by atoms with Gasteiger partial charge in [-0.3, -0.25) is 13.9 Å². The fourth-order valence-electron chi connectivity index (χ4n) is 5.35. The summed E-state index contributed by atoms with van der Waals surface area (Å²) in [6.07, 6.45) is -0.362. The molecule has 7 nitrogen and oxygen atoms in total. The summed E-state index contributed by atoms with van der Waals surface area (Å²) in [6.45, 7) is 1.09. The lowest BCUT2D eigenvalue weighted by molar-refractivity contribution is -0.139. The van der Waals surface area contributed by atoms with Crippen molar-refractivity contribution in [1.82, 2.24) is 10.2 Å². The number of benzene rings is 3. The molecule has 3 aromatic rings. The average molecular weight is 616 g/mol. The first kappa shape index (κ1) is 32.1. The molecular formula is C32H36F3N3O4S. The number of anilines is 1. The number of halogens is 3. The Hall–Kier alpha value is -3.86. The van der Waals surface area contributed by atoms with Crippen molar-refractivity contribution in [2.45, 2.75) is 68.6 Å². The van der Waals surface area contributed by atoms with Gasteiger partial charge in [0.05, 0.1) is 16.1 Å². The maximum Gasteiger partial charge on any atom is 0.416 e. The number of carbonyl (C=O) groups is 2. The van der Waals surface area contributed by atoms with Crippen LogP contribution in [0.4, 0.5) is 18.9 Å². The normalized spacial score (nSPS) is 14.7. The van der Waals surface area contributed by atoms with Gasteiger partial charge < -0.3 is 10.2 Å². The van der Waals surface area contributed by atoms with Crippen LogP contribution in [0, 0.1) is 0 Å². The number of hydrogen-bond donors (Lipinski definition) is 1. The van der Waals surface area contributed by atoms with Crippen molar-refractivity contribution < 1.29 is 31.2 Å². The SMILES string of the molecule is CCC(C(=O)NC1CCCC1)N(CCc1ccccc1)C(=O)CN(c1cccc(C(F)(F)F)c1)S(=O)(=O)c1ccccc1. The molecule has 0 aromatic heterocycles. The standard InChI is InChI=1S/C32H36F3N3O4S/c1-2-29(31(40)36-26-15-9-10-16-26)37(21-20-24-12-5-3-6-13-24)30(39)23-38(43(41,42)28-18-7-4-8-19-28)27-17-11-14-25(22-27)32(33,34)35/h3-8,11-14,17-19,22,26,29H,2,9-10,15-16,20-21,23H2,1H3,(H,36,40). The highest BCUT2D eigenvalue weighted by molar-refractivity contribution is 7.92. The van der Waals surface area contributed by atoms with E-state index in [0.29, 0.717) is 16.8 Å². The quantitative estimate of drug-likeness (QED) is 0.279. The summed E-state index contributed by atoms with van der Waals surface area (Å²) in [7, 11) is -4.47. The van der Waals surface area contributed by atoms with E-state index in [2.05, 4.69) is 5.32 Å². The molecule has 0 spiro atoms. The zero-order valence-corrected chi connectivity index (χ0v) is 24.8. The molecule has 1 N–H and O–H groups in total. The number of hydrogen-bond acceptors (Lipinski definition) is 4. The summed E-state index contributed by atoms with van der Waals surface area (Å²) in [5.41, 5.74) is -0.439. The molecule has 11 heteroatoms. The van der Waals surface area contributed by atoms with Gasteiger partial charge in [0.1, 0.15) is 12.6 Å². The van der Waals surface area contributed by atoms with E-state index in [4.69, 9.17) is 0 Å². The van der Waals surface area contributed by atoms with Crippen LogP contribution in [-0.2, 0) is 32.2 Å².